The lowest BCUT2D eigenvalue weighted by Gasteiger charge is -2.31. The Morgan fingerprint density at radius 3 is 2.92 bits per heavy atom. The molecule has 2 heterocycles. The van der Waals surface area contributed by atoms with Gasteiger partial charge in [-0.3, -0.25) is 9.59 Å². The van der Waals surface area contributed by atoms with Crippen LogP contribution in [0.15, 0.2) is 29.6 Å². The highest BCUT2D eigenvalue weighted by molar-refractivity contribution is 7.09. The topological polar surface area (TPSA) is 59.5 Å². The van der Waals surface area contributed by atoms with Crippen LogP contribution in [0.4, 0.5) is 5.69 Å². The molecule has 1 aliphatic heterocycles. The number of anilines is 1. The smallest absolute Gasteiger partial charge is 0.312 e. The molecule has 0 radical (unpaired) electrons. The van der Waals surface area contributed by atoms with Gasteiger partial charge < -0.3 is 9.64 Å². The second kappa shape index (κ2) is 7.13. The van der Waals surface area contributed by atoms with Gasteiger partial charge in [0.1, 0.15) is 0 Å². The summed E-state index contributed by atoms with van der Waals surface area (Å²) in [6, 6.07) is 7.88. The maximum Gasteiger partial charge on any atom is 0.312 e. The van der Waals surface area contributed by atoms with Gasteiger partial charge in [0.15, 0.2) is 6.10 Å². The van der Waals surface area contributed by atoms with Crippen molar-refractivity contribution in [3.8, 4) is 0 Å². The maximum absolute atomic E-state index is 12.7. The summed E-state index contributed by atoms with van der Waals surface area (Å²) in [5.74, 6) is -0.601. The minimum Gasteiger partial charge on any atom is -0.452 e. The molecule has 0 spiro atoms. The van der Waals surface area contributed by atoms with Crippen LogP contribution in [0, 0.1) is 6.92 Å². The minimum absolute atomic E-state index is 0.0958. The van der Waals surface area contributed by atoms with Crippen LogP contribution in [-0.4, -0.2) is 29.5 Å². The van der Waals surface area contributed by atoms with E-state index < -0.39 is 12.1 Å². The Bertz CT molecular complexity index is 756. The van der Waals surface area contributed by atoms with Gasteiger partial charge >= 0.3 is 5.97 Å². The van der Waals surface area contributed by atoms with E-state index in [9.17, 15) is 9.59 Å². The van der Waals surface area contributed by atoms with Crippen molar-refractivity contribution in [3.05, 3.63) is 45.9 Å². The number of esters is 1. The number of rotatable bonds is 4. The predicted octanol–water partition coefficient (Wildman–Crippen LogP) is 2.91. The Labute approximate surface area is 145 Å². The van der Waals surface area contributed by atoms with Crippen LogP contribution in [-0.2, 0) is 27.2 Å². The third-order valence-electron chi connectivity index (χ3n) is 4.02. The summed E-state index contributed by atoms with van der Waals surface area (Å²) in [6.45, 7) is 4.17. The van der Waals surface area contributed by atoms with E-state index in [0.717, 1.165) is 29.1 Å². The highest BCUT2D eigenvalue weighted by Gasteiger charge is 2.28. The van der Waals surface area contributed by atoms with Crippen LogP contribution >= 0.6 is 11.3 Å². The molecule has 0 unspecified atom stereocenters. The van der Waals surface area contributed by atoms with Gasteiger partial charge in [-0.2, -0.15) is 0 Å². The number of carbonyl (C=O) groups is 2. The van der Waals surface area contributed by atoms with Crippen LogP contribution in [0.2, 0.25) is 0 Å². The largest absolute Gasteiger partial charge is 0.452 e. The Kier molecular flexibility index (Phi) is 4.94. The van der Waals surface area contributed by atoms with E-state index in [4.69, 9.17) is 4.74 Å². The van der Waals surface area contributed by atoms with E-state index in [1.54, 1.807) is 11.8 Å². The fourth-order valence-corrected chi connectivity index (χ4v) is 3.52. The molecule has 0 bridgehead atoms. The second-order valence-electron chi connectivity index (χ2n) is 5.89. The van der Waals surface area contributed by atoms with E-state index in [-0.39, 0.29) is 12.3 Å². The van der Waals surface area contributed by atoms with Gasteiger partial charge in [0.05, 0.1) is 17.1 Å². The van der Waals surface area contributed by atoms with Gasteiger partial charge in [0.2, 0.25) is 0 Å². The predicted molar refractivity (Wildman–Crippen MR) is 93.2 cm³/mol. The zero-order valence-electron chi connectivity index (χ0n) is 13.8. The number of hydrogen-bond donors (Lipinski definition) is 0. The Balaban J connectivity index is 1.64. The van der Waals surface area contributed by atoms with E-state index >= 15 is 0 Å². The van der Waals surface area contributed by atoms with Crippen LogP contribution in [0.1, 0.15) is 29.6 Å². The molecule has 2 aromatic rings. The molecular formula is C18H20N2O3S. The number of carbonyl (C=O) groups excluding carboxylic acids is 2. The molecule has 3 rings (SSSR count). The number of nitrogens with zero attached hydrogens (tertiary/aromatic N) is 2. The zero-order chi connectivity index (χ0) is 17.1. The van der Waals surface area contributed by atoms with Crippen molar-refractivity contribution in [3.63, 3.8) is 0 Å². The summed E-state index contributed by atoms with van der Waals surface area (Å²) in [7, 11) is 0. The molecule has 0 saturated carbocycles. The number of ether oxygens (including phenoxy) is 1. The van der Waals surface area contributed by atoms with Crippen molar-refractivity contribution in [2.45, 2.75) is 39.2 Å². The number of hydrogen-bond acceptors (Lipinski definition) is 5. The molecule has 1 amide bonds. The first-order valence-corrected chi connectivity index (χ1v) is 8.92. The molecule has 24 heavy (non-hydrogen) atoms. The average Bonchev–Trinajstić information content (AvgIpc) is 2.98. The highest BCUT2D eigenvalue weighted by atomic mass is 32.1. The third-order valence-corrected chi connectivity index (χ3v) is 4.85. The molecule has 0 fully saturated rings. The number of fused-ring (bicyclic) bond motifs is 1. The fourth-order valence-electron chi connectivity index (χ4n) is 2.91. The number of aromatic nitrogens is 1. The number of benzene rings is 1. The molecule has 0 aliphatic carbocycles. The van der Waals surface area contributed by atoms with Gasteiger partial charge in [-0.1, -0.05) is 18.2 Å². The van der Waals surface area contributed by atoms with E-state index in [2.05, 4.69) is 4.98 Å². The summed E-state index contributed by atoms with van der Waals surface area (Å²) in [5, 5.41) is 2.75. The van der Waals surface area contributed by atoms with Crippen molar-refractivity contribution in [2.75, 3.05) is 11.4 Å². The number of thiazole rings is 1. The lowest BCUT2D eigenvalue weighted by molar-refractivity contribution is -0.153. The molecular weight excluding hydrogens is 324 g/mol. The van der Waals surface area contributed by atoms with Gasteiger partial charge in [-0.15, -0.1) is 11.3 Å². The lowest BCUT2D eigenvalue weighted by atomic mass is 10.0. The molecule has 1 aliphatic rings. The Hall–Kier alpha value is -2.21. The number of amides is 1. The van der Waals surface area contributed by atoms with Crippen molar-refractivity contribution in [1.29, 1.82) is 0 Å². The number of aryl methyl sites for hydroxylation is 2. The van der Waals surface area contributed by atoms with Gasteiger partial charge in [-0.05, 0) is 38.3 Å². The summed E-state index contributed by atoms with van der Waals surface area (Å²) < 4.78 is 5.33. The summed E-state index contributed by atoms with van der Waals surface area (Å²) in [6.07, 6.45) is 1.18. The Morgan fingerprint density at radius 1 is 1.38 bits per heavy atom. The maximum atomic E-state index is 12.7. The van der Waals surface area contributed by atoms with Crippen LogP contribution in [0.5, 0.6) is 0 Å². The van der Waals surface area contributed by atoms with Gasteiger partial charge in [0.25, 0.3) is 5.91 Å². The summed E-state index contributed by atoms with van der Waals surface area (Å²) in [4.78, 5) is 30.7. The second-order valence-corrected chi connectivity index (χ2v) is 6.95. The van der Waals surface area contributed by atoms with Gasteiger partial charge in [0, 0.05) is 17.6 Å². The normalized spacial score (nSPS) is 14.8. The minimum atomic E-state index is -0.802. The van der Waals surface area contributed by atoms with E-state index in [0.29, 0.717) is 12.2 Å². The first kappa shape index (κ1) is 16.6. The van der Waals surface area contributed by atoms with Gasteiger partial charge in [-0.25, -0.2) is 4.98 Å². The van der Waals surface area contributed by atoms with Crippen LogP contribution in [0.25, 0.3) is 0 Å². The first-order chi connectivity index (χ1) is 11.5. The molecule has 1 atom stereocenters. The van der Waals surface area contributed by atoms with Crippen molar-refractivity contribution < 1.29 is 14.3 Å². The molecule has 1 aromatic heterocycles. The fraction of sp³-hybridized carbons (Fsp3) is 0.389. The standard InChI is InChI=1S/C18H20N2O3S/c1-12(23-17(21)10-15-11-24-13(2)19-15)18(22)20-9-5-7-14-6-3-4-8-16(14)20/h3-4,6,8,11-12H,5,7,9-10H2,1-2H3/t12-/m0/s1. The molecule has 1 aromatic carbocycles. The van der Waals surface area contributed by atoms with Crippen LogP contribution in [0.3, 0.4) is 0 Å². The lowest BCUT2D eigenvalue weighted by Crippen LogP contribution is -2.42. The monoisotopic (exact) mass is 344 g/mol. The third kappa shape index (κ3) is 3.64. The van der Waals surface area contributed by atoms with E-state index in [1.165, 1.54) is 11.3 Å². The zero-order valence-corrected chi connectivity index (χ0v) is 14.6. The SMILES string of the molecule is Cc1nc(CC(=O)O[C@@H](C)C(=O)N2CCCc3ccccc32)cs1. The molecule has 0 saturated heterocycles. The average molecular weight is 344 g/mol. The Morgan fingerprint density at radius 2 is 2.17 bits per heavy atom. The quantitative estimate of drug-likeness (QED) is 0.800. The molecule has 126 valence electrons. The van der Waals surface area contributed by atoms with Crippen molar-refractivity contribution >= 4 is 28.9 Å². The first-order valence-electron chi connectivity index (χ1n) is 8.04. The molecule has 6 heteroatoms. The summed E-state index contributed by atoms with van der Waals surface area (Å²) in [5.41, 5.74) is 2.77. The van der Waals surface area contributed by atoms with Crippen molar-refractivity contribution in [2.24, 2.45) is 0 Å². The van der Waals surface area contributed by atoms with Crippen molar-refractivity contribution in [1.82, 2.24) is 4.98 Å². The highest BCUT2D eigenvalue weighted by Crippen LogP contribution is 2.27. The number of para-hydroxylation sites is 1. The van der Waals surface area contributed by atoms with Crippen LogP contribution < -0.4 is 4.90 Å². The van der Waals surface area contributed by atoms with E-state index in [1.807, 2.05) is 36.6 Å². The summed E-state index contributed by atoms with van der Waals surface area (Å²) >= 11 is 1.49. The molecule has 5 nitrogen and oxygen atoms in total. The molecule has 0 N–H and O–H groups in total.